The Morgan fingerprint density at radius 1 is 1.29 bits per heavy atom. The fourth-order valence-corrected chi connectivity index (χ4v) is 3.71. The van der Waals surface area contributed by atoms with E-state index in [1.807, 2.05) is 6.07 Å². The first-order valence-corrected chi connectivity index (χ1v) is 7.98. The average Bonchev–Trinajstić information content (AvgIpc) is 2.99. The van der Waals surface area contributed by atoms with Crippen LogP contribution in [0.5, 0.6) is 0 Å². The quantitative estimate of drug-likeness (QED) is 0.898. The fourth-order valence-electron chi connectivity index (χ4n) is 3.71. The van der Waals surface area contributed by atoms with Gasteiger partial charge in [-0.25, -0.2) is 4.39 Å². The molecule has 21 heavy (non-hydrogen) atoms. The van der Waals surface area contributed by atoms with Gasteiger partial charge in [0.25, 0.3) is 0 Å². The number of halogens is 1. The third-order valence-electron chi connectivity index (χ3n) is 4.90. The number of carbonyl (C=O) groups is 1. The first kappa shape index (κ1) is 14.5. The summed E-state index contributed by atoms with van der Waals surface area (Å²) in [6.07, 6.45) is 5.83. The smallest absolute Gasteiger partial charge is 0.230 e. The van der Waals surface area contributed by atoms with Gasteiger partial charge in [0, 0.05) is 12.6 Å². The molecule has 0 bridgehead atoms. The number of carbonyl (C=O) groups excluding carboxylic acids is 1. The van der Waals surface area contributed by atoms with Crippen molar-refractivity contribution in [3.05, 3.63) is 35.6 Å². The molecular formula is C17H23FN2O. The molecule has 1 unspecified atom stereocenters. The molecule has 1 aliphatic heterocycles. The van der Waals surface area contributed by atoms with E-state index >= 15 is 0 Å². The third kappa shape index (κ3) is 2.95. The van der Waals surface area contributed by atoms with E-state index in [0.717, 1.165) is 57.2 Å². The van der Waals surface area contributed by atoms with Crippen LogP contribution in [0.4, 0.5) is 4.39 Å². The number of hydrogen-bond acceptors (Lipinski definition) is 2. The normalized spacial score (nSPS) is 24.7. The monoisotopic (exact) mass is 290 g/mol. The van der Waals surface area contributed by atoms with Crippen LogP contribution in [0.25, 0.3) is 0 Å². The van der Waals surface area contributed by atoms with Gasteiger partial charge in [-0.15, -0.1) is 0 Å². The van der Waals surface area contributed by atoms with Gasteiger partial charge in [-0.05, 0) is 49.9 Å². The van der Waals surface area contributed by atoms with E-state index in [9.17, 15) is 9.18 Å². The topological polar surface area (TPSA) is 41.1 Å². The van der Waals surface area contributed by atoms with Crippen LogP contribution in [0, 0.1) is 5.82 Å². The Morgan fingerprint density at radius 2 is 2.10 bits per heavy atom. The van der Waals surface area contributed by atoms with Gasteiger partial charge in [0.05, 0.1) is 5.41 Å². The Balaban J connectivity index is 1.81. The molecule has 0 aromatic heterocycles. The number of amides is 1. The summed E-state index contributed by atoms with van der Waals surface area (Å²) in [5.41, 5.74) is 0.306. The van der Waals surface area contributed by atoms with Crippen molar-refractivity contribution >= 4 is 5.91 Å². The van der Waals surface area contributed by atoms with Crippen LogP contribution in [0.1, 0.15) is 44.1 Å². The van der Waals surface area contributed by atoms with E-state index in [1.165, 1.54) is 12.1 Å². The first-order chi connectivity index (χ1) is 10.2. The second-order valence-corrected chi connectivity index (χ2v) is 6.32. The molecule has 3 rings (SSSR count). The Kier molecular flexibility index (Phi) is 4.24. The minimum absolute atomic E-state index is 0.0827. The molecule has 0 radical (unpaired) electrons. The van der Waals surface area contributed by atoms with Gasteiger partial charge in [0.2, 0.25) is 5.91 Å². The largest absolute Gasteiger partial charge is 0.351 e. The van der Waals surface area contributed by atoms with E-state index in [0.29, 0.717) is 0 Å². The van der Waals surface area contributed by atoms with Gasteiger partial charge in [-0.1, -0.05) is 25.0 Å². The van der Waals surface area contributed by atoms with Crippen LogP contribution in [0.15, 0.2) is 24.3 Å². The highest BCUT2D eigenvalue weighted by Gasteiger charge is 2.43. The molecule has 1 heterocycles. The number of hydrogen-bond donors (Lipinski definition) is 2. The number of piperidine rings is 1. The Hall–Kier alpha value is -1.42. The first-order valence-electron chi connectivity index (χ1n) is 7.98. The molecule has 1 saturated carbocycles. The maximum Gasteiger partial charge on any atom is 0.230 e. The lowest BCUT2D eigenvalue weighted by Crippen LogP contribution is -2.51. The number of benzene rings is 1. The van der Waals surface area contributed by atoms with Gasteiger partial charge in [0.1, 0.15) is 5.82 Å². The van der Waals surface area contributed by atoms with Crippen molar-refractivity contribution in [1.82, 2.24) is 10.6 Å². The van der Waals surface area contributed by atoms with Crippen molar-refractivity contribution in [2.24, 2.45) is 0 Å². The van der Waals surface area contributed by atoms with E-state index in [2.05, 4.69) is 10.6 Å². The van der Waals surface area contributed by atoms with Gasteiger partial charge in [-0.3, -0.25) is 4.79 Å². The summed E-state index contributed by atoms with van der Waals surface area (Å²) in [4.78, 5) is 12.9. The predicted octanol–water partition coefficient (Wildman–Crippen LogP) is 2.51. The Morgan fingerprint density at radius 3 is 2.76 bits per heavy atom. The summed E-state index contributed by atoms with van der Waals surface area (Å²) in [5, 5.41) is 6.51. The summed E-state index contributed by atoms with van der Waals surface area (Å²) < 4.78 is 13.6. The van der Waals surface area contributed by atoms with E-state index < -0.39 is 5.41 Å². The molecule has 1 aromatic rings. The van der Waals surface area contributed by atoms with E-state index in [1.54, 1.807) is 6.07 Å². The highest BCUT2D eigenvalue weighted by atomic mass is 19.1. The Labute approximate surface area is 125 Å². The van der Waals surface area contributed by atoms with Gasteiger partial charge in [0.15, 0.2) is 0 Å². The maximum absolute atomic E-state index is 13.6. The van der Waals surface area contributed by atoms with Crippen LogP contribution in [-0.2, 0) is 10.2 Å². The SMILES string of the molecule is O=C(NC1CCCNC1)C1(c2cccc(F)c2)CCCC1. The van der Waals surface area contributed by atoms with Crippen LogP contribution < -0.4 is 10.6 Å². The summed E-state index contributed by atoms with van der Waals surface area (Å²) in [6, 6.07) is 6.78. The molecule has 1 aromatic carbocycles. The molecular weight excluding hydrogens is 267 g/mol. The van der Waals surface area contributed by atoms with E-state index in [4.69, 9.17) is 0 Å². The van der Waals surface area contributed by atoms with Crippen LogP contribution in [-0.4, -0.2) is 25.0 Å². The van der Waals surface area contributed by atoms with Crippen molar-refractivity contribution in [1.29, 1.82) is 0 Å². The molecule has 0 spiro atoms. The van der Waals surface area contributed by atoms with E-state index in [-0.39, 0.29) is 17.8 Å². The van der Waals surface area contributed by atoms with Crippen molar-refractivity contribution in [2.75, 3.05) is 13.1 Å². The van der Waals surface area contributed by atoms with Gasteiger partial charge in [-0.2, -0.15) is 0 Å². The minimum atomic E-state index is -0.528. The zero-order valence-electron chi connectivity index (χ0n) is 12.3. The summed E-state index contributed by atoms with van der Waals surface area (Å²) >= 11 is 0. The van der Waals surface area contributed by atoms with Crippen LogP contribution >= 0.6 is 0 Å². The second kappa shape index (κ2) is 6.14. The lowest BCUT2D eigenvalue weighted by Gasteiger charge is -2.32. The van der Waals surface area contributed by atoms with Crippen molar-refractivity contribution in [3.8, 4) is 0 Å². The molecule has 1 saturated heterocycles. The van der Waals surface area contributed by atoms with Gasteiger partial charge >= 0.3 is 0 Å². The van der Waals surface area contributed by atoms with Crippen molar-refractivity contribution < 1.29 is 9.18 Å². The lowest BCUT2D eigenvalue weighted by molar-refractivity contribution is -0.127. The van der Waals surface area contributed by atoms with Crippen LogP contribution in [0.2, 0.25) is 0 Å². The second-order valence-electron chi connectivity index (χ2n) is 6.32. The average molecular weight is 290 g/mol. The van der Waals surface area contributed by atoms with Crippen molar-refractivity contribution in [2.45, 2.75) is 50.0 Å². The van der Waals surface area contributed by atoms with Crippen molar-refractivity contribution in [3.63, 3.8) is 0 Å². The maximum atomic E-state index is 13.6. The molecule has 114 valence electrons. The molecule has 2 aliphatic rings. The molecule has 2 fully saturated rings. The predicted molar refractivity (Wildman–Crippen MR) is 80.6 cm³/mol. The highest BCUT2D eigenvalue weighted by molar-refractivity contribution is 5.88. The zero-order chi connectivity index (χ0) is 14.7. The highest BCUT2D eigenvalue weighted by Crippen LogP contribution is 2.41. The zero-order valence-corrected chi connectivity index (χ0v) is 12.3. The van der Waals surface area contributed by atoms with Gasteiger partial charge < -0.3 is 10.6 Å². The summed E-state index contributed by atoms with van der Waals surface area (Å²) in [5.74, 6) is -0.176. The third-order valence-corrected chi connectivity index (χ3v) is 4.90. The standard InChI is InChI=1S/C17H23FN2O/c18-14-6-3-5-13(11-14)17(8-1-2-9-17)16(21)20-15-7-4-10-19-12-15/h3,5-6,11,15,19H,1-2,4,7-10,12H2,(H,20,21). The minimum Gasteiger partial charge on any atom is -0.351 e. The molecule has 1 amide bonds. The fraction of sp³-hybridized carbons (Fsp3) is 0.588. The number of nitrogens with one attached hydrogen (secondary N) is 2. The lowest BCUT2D eigenvalue weighted by atomic mass is 9.77. The summed E-state index contributed by atoms with van der Waals surface area (Å²) in [6.45, 7) is 1.87. The molecule has 4 heteroatoms. The number of rotatable bonds is 3. The molecule has 1 atom stereocenters. The molecule has 3 nitrogen and oxygen atoms in total. The molecule has 2 N–H and O–H groups in total. The van der Waals surface area contributed by atoms with Crippen LogP contribution in [0.3, 0.4) is 0 Å². The Bertz CT molecular complexity index is 505. The summed E-state index contributed by atoms with van der Waals surface area (Å²) in [7, 11) is 0. The molecule has 1 aliphatic carbocycles.